The van der Waals surface area contributed by atoms with Gasteiger partial charge in [-0.15, -0.1) is 11.6 Å². The topological polar surface area (TPSA) is 37.4 Å². The SMILES string of the molecule is CC[C@]1(C)CC(=O)N(CCCCl)C1=O. The standard InChI is InChI=1S/C10H16ClNO2/c1-3-10(2)7-8(13)12(9(10)14)6-4-5-11/h3-7H2,1-2H3/t10-/m1/s1. The Labute approximate surface area is 89.4 Å². The molecule has 3 nitrogen and oxygen atoms in total. The third kappa shape index (κ3) is 1.92. The van der Waals surface area contributed by atoms with Gasteiger partial charge >= 0.3 is 0 Å². The van der Waals surface area contributed by atoms with Gasteiger partial charge in [0.2, 0.25) is 11.8 Å². The summed E-state index contributed by atoms with van der Waals surface area (Å²) in [4.78, 5) is 24.7. The summed E-state index contributed by atoms with van der Waals surface area (Å²) in [6, 6.07) is 0. The molecule has 0 unspecified atom stereocenters. The van der Waals surface area contributed by atoms with E-state index < -0.39 is 5.41 Å². The zero-order valence-electron chi connectivity index (χ0n) is 8.68. The molecule has 0 aromatic rings. The van der Waals surface area contributed by atoms with E-state index in [-0.39, 0.29) is 11.8 Å². The summed E-state index contributed by atoms with van der Waals surface area (Å²) in [6.07, 6.45) is 1.75. The van der Waals surface area contributed by atoms with E-state index in [1.807, 2.05) is 13.8 Å². The summed E-state index contributed by atoms with van der Waals surface area (Å²) in [5, 5.41) is 0. The maximum Gasteiger partial charge on any atom is 0.235 e. The van der Waals surface area contributed by atoms with Crippen molar-refractivity contribution in [3.05, 3.63) is 0 Å². The normalized spacial score (nSPS) is 27.5. The van der Waals surface area contributed by atoms with Crippen molar-refractivity contribution in [2.45, 2.75) is 33.1 Å². The Morgan fingerprint density at radius 3 is 2.57 bits per heavy atom. The van der Waals surface area contributed by atoms with Crippen LogP contribution in [0.25, 0.3) is 0 Å². The fourth-order valence-electron chi connectivity index (χ4n) is 1.66. The summed E-state index contributed by atoms with van der Waals surface area (Å²) >= 11 is 5.53. The summed E-state index contributed by atoms with van der Waals surface area (Å²) in [5.74, 6) is 0.402. The number of nitrogens with zero attached hydrogens (tertiary/aromatic N) is 1. The molecule has 0 aromatic carbocycles. The molecular weight excluding hydrogens is 202 g/mol. The Bertz CT molecular complexity index is 255. The molecule has 14 heavy (non-hydrogen) atoms. The smallest absolute Gasteiger partial charge is 0.235 e. The fourth-order valence-corrected chi connectivity index (χ4v) is 1.78. The van der Waals surface area contributed by atoms with Crippen LogP contribution in [-0.4, -0.2) is 29.1 Å². The van der Waals surface area contributed by atoms with Crippen molar-refractivity contribution in [2.75, 3.05) is 12.4 Å². The van der Waals surface area contributed by atoms with Gasteiger partial charge in [-0.1, -0.05) is 13.8 Å². The van der Waals surface area contributed by atoms with Gasteiger partial charge in [0.05, 0.1) is 5.41 Å². The molecule has 0 N–H and O–H groups in total. The molecule has 4 heteroatoms. The first kappa shape index (κ1) is 11.5. The van der Waals surface area contributed by atoms with E-state index in [4.69, 9.17) is 11.6 Å². The van der Waals surface area contributed by atoms with Gasteiger partial charge in [-0.25, -0.2) is 0 Å². The zero-order chi connectivity index (χ0) is 10.8. The van der Waals surface area contributed by atoms with Crippen molar-refractivity contribution >= 4 is 23.4 Å². The predicted molar refractivity (Wildman–Crippen MR) is 55.1 cm³/mol. The lowest BCUT2D eigenvalue weighted by atomic mass is 9.86. The van der Waals surface area contributed by atoms with Crippen molar-refractivity contribution in [1.82, 2.24) is 4.90 Å². The van der Waals surface area contributed by atoms with E-state index in [9.17, 15) is 9.59 Å². The fraction of sp³-hybridized carbons (Fsp3) is 0.800. The molecule has 1 heterocycles. The van der Waals surface area contributed by atoms with Crippen LogP contribution >= 0.6 is 11.6 Å². The van der Waals surface area contributed by atoms with E-state index in [1.54, 1.807) is 0 Å². The maximum absolute atomic E-state index is 11.8. The van der Waals surface area contributed by atoms with Gasteiger partial charge in [0.1, 0.15) is 0 Å². The van der Waals surface area contributed by atoms with Crippen LogP contribution in [0.2, 0.25) is 0 Å². The molecule has 1 saturated heterocycles. The Balaban J connectivity index is 2.70. The molecule has 1 fully saturated rings. The average molecular weight is 218 g/mol. The monoisotopic (exact) mass is 217 g/mol. The molecule has 0 aliphatic carbocycles. The lowest BCUT2D eigenvalue weighted by molar-refractivity contribution is -0.141. The Kier molecular flexibility index (Phi) is 3.53. The van der Waals surface area contributed by atoms with Crippen LogP contribution in [0.4, 0.5) is 0 Å². The number of halogens is 1. The van der Waals surface area contributed by atoms with Gasteiger partial charge in [0, 0.05) is 18.8 Å². The van der Waals surface area contributed by atoms with Gasteiger partial charge in [0.25, 0.3) is 0 Å². The first-order chi connectivity index (χ1) is 6.55. The maximum atomic E-state index is 11.8. The van der Waals surface area contributed by atoms with Crippen LogP contribution < -0.4 is 0 Å². The van der Waals surface area contributed by atoms with E-state index in [0.717, 1.165) is 6.42 Å². The van der Waals surface area contributed by atoms with Gasteiger partial charge in [-0.2, -0.15) is 0 Å². The minimum Gasteiger partial charge on any atom is -0.282 e. The number of rotatable bonds is 4. The lowest BCUT2D eigenvalue weighted by Gasteiger charge is -2.19. The van der Waals surface area contributed by atoms with E-state index in [2.05, 4.69) is 0 Å². The summed E-state index contributed by atoms with van der Waals surface area (Å²) in [5.41, 5.74) is -0.469. The highest BCUT2D eigenvalue weighted by Gasteiger charge is 2.46. The molecule has 2 amide bonds. The number of carbonyl (C=O) groups is 2. The largest absolute Gasteiger partial charge is 0.282 e. The zero-order valence-corrected chi connectivity index (χ0v) is 9.43. The van der Waals surface area contributed by atoms with E-state index >= 15 is 0 Å². The van der Waals surface area contributed by atoms with Gasteiger partial charge in [0.15, 0.2) is 0 Å². The number of hydrogen-bond donors (Lipinski definition) is 0. The molecule has 0 spiro atoms. The van der Waals surface area contributed by atoms with Crippen LogP contribution in [0.1, 0.15) is 33.1 Å². The third-order valence-electron chi connectivity index (χ3n) is 2.90. The van der Waals surface area contributed by atoms with Crippen molar-refractivity contribution in [3.63, 3.8) is 0 Å². The van der Waals surface area contributed by atoms with Gasteiger partial charge in [-0.3, -0.25) is 14.5 Å². The number of carbonyl (C=O) groups excluding carboxylic acids is 2. The van der Waals surface area contributed by atoms with E-state index in [1.165, 1.54) is 4.90 Å². The average Bonchev–Trinajstić information content (AvgIpc) is 2.37. The second-order valence-electron chi connectivity index (χ2n) is 3.98. The van der Waals surface area contributed by atoms with Crippen LogP contribution in [0, 0.1) is 5.41 Å². The number of alkyl halides is 1. The van der Waals surface area contributed by atoms with Crippen LogP contribution in [0.3, 0.4) is 0 Å². The van der Waals surface area contributed by atoms with Gasteiger partial charge < -0.3 is 0 Å². The number of likely N-dealkylation sites (tertiary alicyclic amines) is 1. The molecule has 0 bridgehead atoms. The summed E-state index contributed by atoms with van der Waals surface area (Å²) in [6.45, 7) is 4.26. The highest BCUT2D eigenvalue weighted by molar-refractivity contribution is 6.17. The van der Waals surface area contributed by atoms with Crippen molar-refractivity contribution in [1.29, 1.82) is 0 Å². The minimum atomic E-state index is -0.469. The second-order valence-corrected chi connectivity index (χ2v) is 4.36. The highest BCUT2D eigenvalue weighted by Crippen LogP contribution is 2.35. The minimum absolute atomic E-state index is 0.0323. The van der Waals surface area contributed by atoms with Crippen molar-refractivity contribution in [2.24, 2.45) is 5.41 Å². The molecule has 1 rings (SSSR count). The number of hydrogen-bond acceptors (Lipinski definition) is 2. The molecule has 0 radical (unpaired) electrons. The molecule has 0 aromatic heterocycles. The molecule has 1 atom stereocenters. The molecule has 0 saturated carbocycles. The Morgan fingerprint density at radius 2 is 2.14 bits per heavy atom. The summed E-state index contributed by atoms with van der Waals surface area (Å²) in [7, 11) is 0. The number of amides is 2. The summed E-state index contributed by atoms with van der Waals surface area (Å²) < 4.78 is 0. The van der Waals surface area contributed by atoms with Gasteiger partial charge in [-0.05, 0) is 12.8 Å². The second kappa shape index (κ2) is 4.30. The van der Waals surface area contributed by atoms with Crippen molar-refractivity contribution < 1.29 is 9.59 Å². The molecule has 1 aliphatic rings. The van der Waals surface area contributed by atoms with Crippen LogP contribution in [0.5, 0.6) is 0 Å². The van der Waals surface area contributed by atoms with Crippen LogP contribution in [-0.2, 0) is 9.59 Å². The molecule has 80 valence electrons. The highest BCUT2D eigenvalue weighted by atomic mass is 35.5. The van der Waals surface area contributed by atoms with E-state index in [0.29, 0.717) is 25.3 Å². The lowest BCUT2D eigenvalue weighted by Crippen LogP contribution is -2.34. The molecular formula is C10H16ClNO2. The Morgan fingerprint density at radius 1 is 1.50 bits per heavy atom. The first-order valence-electron chi connectivity index (χ1n) is 4.96. The first-order valence-corrected chi connectivity index (χ1v) is 5.49. The predicted octanol–water partition coefficient (Wildman–Crippen LogP) is 1.79. The third-order valence-corrected chi connectivity index (χ3v) is 3.17. The number of imide groups is 1. The quantitative estimate of drug-likeness (QED) is 0.532. The van der Waals surface area contributed by atoms with Crippen molar-refractivity contribution in [3.8, 4) is 0 Å². The van der Waals surface area contributed by atoms with Crippen LogP contribution in [0.15, 0.2) is 0 Å². The molecule has 1 aliphatic heterocycles. The Hall–Kier alpha value is -0.570.